The van der Waals surface area contributed by atoms with E-state index in [1.807, 2.05) is 49.0 Å². The third kappa shape index (κ3) is 2.98. The first-order chi connectivity index (χ1) is 12.1. The number of nitrogens with zero attached hydrogens (tertiary/aromatic N) is 5. The number of aliphatic hydroxyl groups excluding tert-OH is 1. The zero-order chi connectivity index (χ0) is 17.4. The lowest BCUT2D eigenvalue weighted by Gasteiger charge is -2.36. The van der Waals surface area contributed by atoms with E-state index in [4.69, 9.17) is 9.97 Å². The van der Waals surface area contributed by atoms with Crippen LogP contribution in [0.3, 0.4) is 0 Å². The predicted octanol–water partition coefficient (Wildman–Crippen LogP) is 2.62. The summed E-state index contributed by atoms with van der Waals surface area (Å²) >= 11 is 0. The summed E-state index contributed by atoms with van der Waals surface area (Å²) < 4.78 is 1.89. The molecule has 1 saturated heterocycles. The average Bonchev–Trinajstić information content (AvgIpc) is 3.06. The molecule has 1 aromatic carbocycles. The van der Waals surface area contributed by atoms with Crippen LogP contribution in [-0.4, -0.2) is 37.7 Å². The van der Waals surface area contributed by atoms with Gasteiger partial charge in [-0.15, -0.1) is 0 Å². The molecular weight excluding hydrogens is 314 g/mol. The summed E-state index contributed by atoms with van der Waals surface area (Å²) in [5.41, 5.74) is 2.77. The van der Waals surface area contributed by atoms with Crippen molar-refractivity contribution in [3.05, 3.63) is 48.2 Å². The number of fused-ring (bicyclic) bond motifs is 1. The largest absolute Gasteiger partial charge is 0.385 e. The summed E-state index contributed by atoms with van der Waals surface area (Å²) in [7, 11) is 1.92. The number of hydrogen-bond donors (Lipinski definition) is 1. The van der Waals surface area contributed by atoms with Gasteiger partial charge in [0.2, 0.25) is 0 Å². The predicted molar refractivity (Wildman–Crippen MR) is 97.4 cm³/mol. The van der Waals surface area contributed by atoms with Crippen molar-refractivity contribution in [3.8, 4) is 0 Å². The van der Waals surface area contributed by atoms with Crippen LogP contribution in [-0.2, 0) is 7.05 Å². The van der Waals surface area contributed by atoms with Gasteiger partial charge >= 0.3 is 0 Å². The van der Waals surface area contributed by atoms with Gasteiger partial charge in [0.1, 0.15) is 11.9 Å². The fourth-order valence-electron chi connectivity index (χ4n) is 3.71. The van der Waals surface area contributed by atoms with Crippen LogP contribution in [0.4, 0.5) is 5.82 Å². The minimum Gasteiger partial charge on any atom is -0.385 e. The molecule has 2 atom stereocenters. The third-order valence-electron chi connectivity index (χ3n) is 5.05. The summed E-state index contributed by atoms with van der Waals surface area (Å²) in [5, 5.41) is 10.8. The minimum absolute atomic E-state index is 0.141. The van der Waals surface area contributed by atoms with Crippen LogP contribution in [0.1, 0.15) is 30.5 Å². The van der Waals surface area contributed by atoms with E-state index in [9.17, 15) is 5.11 Å². The lowest BCUT2D eigenvalue weighted by molar-refractivity contribution is 0.0873. The summed E-state index contributed by atoms with van der Waals surface area (Å²) in [6, 6.07) is 7.95. The lowest BCUT2D eigenvalue weighted by Crippen LogP contribution is -2.39. The van der Waals surface area contributed by atoms with Gasteiger partial charge in [-0.3, -0.25) is 0 Å². The van der Waals surface area contributed by atoms with Crippen LogP contribution in [0, 0.1) is 12.8 Å². The van der Waals surface area contributed by atoms with Crippen LogP contribution in [0.15, 0.2) is 36.7 Å². The Hall–Kier alpha value is -2.47. The van der Waals surface area contributed by atoms with E-state index in [1.54, 1.807) is 6.20 Å². The number of aryl methyl sites for hydroxylation is 2. The molecule has 0 aliphatic carbocycles. The van der Waals surface area contributed by atoms with E-state index >= 15 is 0 Å². The number of anilines is 1. The van der Waals surface area contributed by atoms with E-state index in [0.717, 1.165) is 54.3 Å². The standard InChI is InChI=1S/C19H23N5O/c1-13-18(22-16-8-4-3-7-15(16)21-13)24-10-5-6-14(12-24)17(25)19-20-9-11-23(19)2/h3-4,7-9,11,14,17,25H,5-6,10,12H2,1-2H3. The molecule has 0 spiro atoms. The number of aliphatic hydroxyl groups is 1. The monoisotopic (exact) mass is 337 g/mol. The number of piperidine rings is 1. The topological polar surface area (TPSA) is 67.1 Å². The van der Waals surface area contributed by atoms with Crippen molar-refractivity contribution < 1.29 is 5.11 Å². The number of imidazole rings is 1. The van der Waals surface area contributed by atoms with Crippen molar-refractivity contribution in [1.29, 1.82) is 0 Å². The molecule has 1 aliphatic heterocycles. The highest BCUT2D eigenvalue weighted by Gasteiger charge is 2.30. The number of hydrogen-bond acceptors (Lipinski definition) is 5. The fraction of sp³-hybridized carbons (Fsp3) is 0.421. The van der Waals surface area contributed by atoms with E-state index in [0.29, 0.717) is 0 Å². The molecule has 1 aliphatic rings. The molecule has 6 nitrogen and oxygen atoms in total. The Balaban J connectivity index is 1.61. The minimum atomic E-state index is -0.559. The number of rotatable bonds is 3. The first-order valence-electron chi connectivity index (χ1n) is 8.77. The van der Waals surface area contributed by atoms with Crippen molar-refractivity contribution >= 4 is 16.9 Å². The molecule has 0 saturated carbocycles. The van der Waals surface area contributed by atoms with Gasteiger partial charge in [-0.1, -0.05) is 12.1 Å². The second-order valence-electron chi connectivity index (χ2n) is 6.81. The molecule has 6 heteroatoms. The number of benzene rings is 1. The number of aromatic nitrogens is 4. The quantitative estimate of drug-likeness (QED) is 0.796. The molecule has 0 amide bonds. The Morgan fingerprint density at radius 1 is 1.20 bits per heavy atom. The highest BCUT2D eigenvalue weighted by Crippen LogP contribution is 2.31. The summed E-state index contributed by atoms with van der Waals surface area (Å²) in [4.78, 5) is 16.1. The maximum atomic E-state index is 10.8. The first kappa shape index (κ1) is 16.0. The normalized spacial score (nSPS) is 19.3. The fourth-order valence-corrected chi connectivity index (χ4v) is 3.71. The van der Waals surface area contributed by atoms with Gasteiger partial charge in [-0.2, -0.15) is 0 Å². The third-order valence-corrected chi connectivity index (χ3v) is 5.05. The molecule has 0 bridgehead atoms. The molecule has 3 aromatic rings. The molecular formula is C19H23N5O. The van der Waals surface area contributed by atoms with Crippen LogP contribution in [0.25, 0.3) is 11.0 Å². The summed E-state index contributed by atoms with van der Waals surface area (Å²) in [6.07, 6.45) is 5.07. The molecule has 0 radical (unpaired) electrons. The van der Waals surface area contributed by atoms with Crippen molar-refractivity contribution in [2.24, 2.45) is 13.0 Å². The molecule has 25 heavy (non-hydrogen) atoms. The van der Waals surface area contributed by atoms with Crippen molar-refractivity contribution in [1.82, 2.24) is 19.5 Å². The molecule has 2 aromatic heterocycles. The Morgan fingerprint density at radius 2 is 1.96 bits per heavy atom. The second kappa shape index (κ2) is 6.44. The van der Waals surface area contributed by atoms with Crippen molar-refractivity contribution in [3.63, 3.8) is 0 Å². The lowest BCUT2D eigenvalue weighted by atomic mass is 9.92. The first-order valence-corrected chi connectivity index (χ1v) is 8.77. The van der Waals surface area contributed by atoms with Gasteiger partial charge in [-0.25, -0.2) is 15.0 Å². The van der Waals surface area contributed by atoms with Gasteiger partial charge in [0, 0.05) is 38.4 Å². The number of para-hydroxylation sites is 2. The maximum absolute atomic E-state index is 10.8. The van der Waals surface area contributed by atoms with Crippen molar-refractivity contribution in [2.75, 3.05) is 18.0 Å². The Kier molecular flexibility index (Phi) is 4.13. The highest BCUT2D eigenvalue weighted by atomic mass is 16.3. The van der Waals surface area contributed by atoms with Gasteiger partial charge in [0.05, 0.1) is 16.7 Å². The van der Waals surface area contributed by atoms with Gasteiger partial charge in [-0.05, 0) is 31.9 Å². The second-order valence-corrected chi connectivity index (χ2v) is 6.81. The molecule has 3 heterocycles. The molecule has 1 fully saturated rings. The summed E-state index contributed by atoms with van der Waals surface area (Å²) in [6.45, 7) is 3.72. The SMILES string of the molecule is Cc1nc2ccccc2nc1N1CCCC(C(O)c2nccn2C)C1. The Morgan fingerprint density at radius 3 is 2.68 bits per heavy atom. The van der Waals surface area contributed by atoms with E-state index in [2.05, 4.69) is 9.88 Å². The Labute approximate surface area is 147 Å². The molecule has 130 valence electrons. The molecule has 2 unspecified atom stereocenters. The van der Waals surface area contributed by atoms with Crippen LogP contribution in [0.5, 0.6) is 0 Å². The Bertz CT molecular complexity index is 890. The smallest absolute Gasteiger partial charge is 0.150 e. The van der Waals surface area contributed by atoms with Gasteiger partial charge in [0.25, 0.3) is 0 Å². The van der Waals surface area contributed by atoms with E-state index < -0.39 is 6.10 Å². The zero-order valence-electron chi connectivity index (χ0n) is 14.6. The van der Waals surface area contributed by atoms with Gasteiger partial charge < -0.3 is 14.6 Å². The molecule has 4 rings (SSSR count). The maximum Gasteiger partial charge on any atom is 0.150 e. The van der Waals surface area contributed by atoms with E-state index in [-0.39, 0.29) is 5.92 Å². The van der Waals surface area contributed by atoms with Crippen LogP contribution < -0.4 is 4.90 Å². The average molecular weight is 337 g/mol. The van der Waals surface area contributed by atoms with Crippen molar-refractivity contribution in [2.45, 2.75) is 25.9 Å². The highest BCUT2D eigenvalue weighted by molar-refractivity contribution is 5.76. The van der Waals surface area contributed by atoms with E-state index in [1.165, 1.54) is 0 Å². The van der Waals surface area contributed by atoms with Gasteiger partial charge in [0.15, 0.2) is 5.82 Å². The van der Waals surface area contributed by atoms with Crippen LogP contribution >= 0.6 is 0 Å². The molecule has 1 N–H and O–H groups in total. The zero-order valence-corrected chi connectivity index (χ0v) is 14.6. The summed E-state index contributed by atoms with van der Waals surface area (Å²) in [5.74, 6) is 1.80. The van der Waals surface area contributed by atoms with Crippen LogP contribution in [0.2, 0.25) is 0 Å².